The molecule has 4 rings (SSSR count). The van der Waals surface area contributed by atoms with Gasteiger partial charge < -0.3 is 19.9 Å². The molecule has 0 aromatic heterocycles. The third-order valence-electron chi connectivity index (χ3n) is 6.65. The highest BCUT2D eigenvalue weighted by molar-refractivity contribution is 5.91. The van der Waals surface area contributed by atoms with Crippen LogP contribution in [0.2, 0.25) is 0 Å². The van der Waals surface area contributed by atoms with Crippen LogP contribution in [0.1, 0.15) is 38.2 Å². The van der Waals surface area contributed by atoms with Gasteiger partial charge in [-0.2, -0.15) is 0 Å². The van der Waals surface area contributed by atoms with Crippen LogP contribution < -0.4 is 15.0 Å². The molecule has 1 aliphatic heterocycles. The summed E-state index contributed by atoms with van der Waals surface area (Å²) >= 11 is 0. The number of methoxy groups -OCH3 is 1. The number of piperazine rings is 1. The minimum atomic E-state index is -0.417. The van der Waals surface area contributed by atoms with Crippen molar-refractivity contribution in [2.75, 3.05) is 43.5 Å². The molecule has 31 heavy (non-hydrogen) atoms. The Morgan fingerprint density at radius 1 is 1.00 bits per heavy atom. The van der Waals surface area contributed by atoms with Gasteiger partial charge in [0.25, 0.3) is 0 Å². The molecule has 2 aromatic carbocycles. The van der Waals surface area contributed by atoms with Crippen LogP contribution in [0.4, 0.5) is 11.4 Å². The smallest absolute Gasteiger partial charge is 0.233 e. The molecule has 0 radical (unpaired) electrons. The van der Waals surface area contributed by atoms with Crippen molar-refractivity contribution in [1.82, 2.24) is 4.90 Å². The zero-order valence-corrected chi connectivity index (χ0v) is 18.4. The molecule has 1 saturated heterocycles. The second-order valence-electron chi connectivity index (χ2n) is 8.37. The lowest BCUT2D eigenvalue weighted by molar-refractivity contribution is -0.141. The van der Waals surface area contributed by atoms with E-state index < -0.39 is 5.41 Å². The summed E-state index contributed by atoms with van der Waals surface area (Å²) in [6, 6.07) is 15.9. The van der Waals surface area contributed by atoms with Crippen LogP contribution in [-0.4, -0.2) is 50.0 Å². The quantitative estimate of drug-likeness (QED) is 0.770. The summed E-state index contributed by atoms with van der Waals surface area (Å²) in [5, 5.41) is 2.88. The zero-order chi connectivity index (χ0) is 21.8. The standard InChI is InChI=1S/C25H31N3O3/c1-3-23(29)26-20-11-9-19(10-12-20)25(13-6-14-25)24(30)28-17-15-27(16-18-28)21-7-4-5-8-22(21)31-2/h4-5,7-12H,3,6,13-18H2,1-2H3,(H,26,29). The first kappa shape index (κ1) is 21.2. The minimum Gasteiger partial charge on any atom is -0.495 e. The number of nitrogens with one attached hydrogen (secondary N) is 1. The van der Waals surface area contributed by atoms with Crippen LogP contribution in [0.3, 0.4) is 0 Å². The Hall–Kier alpha value is -3.02. The SMILES string of the molecule is CCC(=O)Nc1ccc(C2(C(=O)N3CCN(c4ccccc4OC)CC3)CCC2)cc1. The van der Waals surface area contributed by atoms with Crippen molar-refractivity contribution in [2.24, 2.45) is 0 Å². The molecule has 0 atom stereocenters. The predicted octanol–water partition coefficient (Wildman–Crippen LogP) is 3.81. The summed E-state index contributed by atoms with van der Waals surface area (Å²) in [7, 11) is 1.69. The van der Waals surface area contributed by atoms with Gasteiger partial charge in [-0.05, 0) is 42.7 Å². The van der Waals surface area contributed by atoms with Gasteiger partial charge in [0, 0.05) is 38.3 Å². The molecule has 6 nitrogen and oxygen atoms in total. The van der Waals surface area contributed by atoms with E-state index in [2.05, 4.69) is 16.3 Å². The molecule has 1 heterocycles. The number of ether oxygens (including phenoxy) is 1. The summed E-state index contributed by atoms with van der Waals surface area (Å²) in [5.41, 5.74) is 2.51. The highest BCUT2D eigenvalue weighted by atomic mass is 16.5. The summed E-state index contributed by atoms with van der Waals surface area (Å²) in [6.07, 6.45) is 3.30. The second-order valence-corrected chi connectivity index (χ2v) is 8.37. The van der Waals surface area contributed by atoms with Crippen LogP contribution in [0, 0.1) is 0 Å². The monoisotopic (exact) mass is 421 g/mol. The van der Waals surface area contributed by atoms with Crippen LogP contribution in [0.5, 0.6) is 5.75 Å². The van der Waals surface area contributed by atoms with E-state index in [-0.39, 0.29) is 11.8 Å². The Balaban J connectivity index is 1.44. The summed E-state index contributed by atoms with van der Waals surface area (Å²) < 4.78 is 5.50. The van der Waals surface area contributed by atoms with Crippen molar-refractivity contribution >= 4 is 23.2 Å². The summed E-state index contributed by atoms with van der Waals surface area (Å²) in [4.78, 5) is 29.5. The van der Waals surface area contributed by atoms with Gasteiger partial charge in [0.05, 0.1) is 18.2 Å². The van der Waals surface area contributed by atoms with E-state index in [4.69, 9.17) is 4.74 Å². The molecule has 2 fully saturated rings. The Morgan fingerprint density at radius 2 is 1.68 bits per heavy atom. The number of carbonyl (C=O) groups is 2. The first-order valence-corrected chi connectivity index (χ1v) is 11.1. The molecule has 2 aliphatic rings. The van der Waals surface area contributed by atoms with Crippen molar-refractivity contribution < 1.29 is 14.3 Å². The highest BCUT2D eigenvalue weighted by Crippen LogP contribution is 2.45. The van der Waals surface area contributed by atoms with Gasteiger partial charge in [-0.1, -0.05) is 37.6 Å². The van der Waals surface area contributed by atoms with Gasteiger partial charge in [0.15, 0.2) is 0 Å². The molecule has 0 bridgehead atoms. The number of anilines is 2. The lowest BCUT2D eigenvalue weighted by Crippen LogP contribution is -2.56. The van der Waals surface area contributed by atoms with E-state index in [0.717, 1.165) is 55.0 Å². The number of carbonyl (C=O) groups excluding carboxylic acids is 2. The second kappa shape index (κ2) is 9.00. The van der Waals surface area contributed by atoms with E-state index in [1.165, 1.54) is 0 Å². The fourth-order valence-corrected chi connectivity index (χ4v) is 4.62. The maximum absolute atomic E-state index is 13.6. The Kier molecular flexibility index (Phi) is 6.16. The molecule has 0 unspecified atom stereocenters. The molecule has 2 amide bonds. The average Bonchev–Trinajstić information content (AvgIpc) is 2.79. The normalized spacial score (nSPS) is 17.6. The molecule has 2 aromatic rings. The van der Waals surface area contributed by atoms with Gasteiger partial charge in [0.2, 0.25) is 11.8 Å². The predicted molar refractivity (Wildman–Crippen MR) is 123 cm³/mol. The number of amides is 2. The van der Waals surface area contributed by atoms with Gasteiger partial charge in [-0.15, -0.1) is 0 Å². The topological polar surface area (TPSA) is 61.9 Å². The molecule has 1 N–H and O–H groups in total. The van der Waals surface area contributed by atoms with E-state index in [1.807, 2.05) is 54.3 Å². The number of rotatable bonds is 6. The van der Waals surface area contributed by atoms with Gasteiger partial charge >= 0.3 is 0 Å². The van der Waals surface area contributed by atoms with Crippen LogP contribution in [-0.2, 0) is 15.0 Å². The molecule has 164 valence electrons. The maximum Gasteiger partial charge on any atom is 0.233 e. The van der Waals surface area contributed by atoms with Crippen LogP contribution in [0.15, 0.2) is 48.5 Å². The minimum absolute atomic E-state index is 0.00454. The average molecular weight is 422 g/mol. The zero-order valence-electron chi connectivity index (χ0n) is 18.4. The van der Waals surface area contributed by atoms with Gasteiger partial charge in [0.1, 0.15) is 5.75 Å². The van der Waals surface area contributed by atoms with Crippen molar-refractivity contribution in [3.8, 4) is 5.75 Å². The highest BCUT2D eigenvalue weighted by Gasteiger charge is 2.48. The van der Waals surface area contributed by atoms with E-state index >= 15 is 0 Å². The van der Waals surface area contributed by atoms with E-state index in [9.17, 15) is 9.59 Å². The van der Waals surface area contributed by atoms with E-state index in [0.29, 0.717) is 19.5 Å². The van der Waals surface area contributed by atoms with Crippen LogP contribution >= 0.6 is 0 Å². The van der Waals surface area contributed by atoms with Crippen LogP contribution in [0.25, 0.3) is 0 Å². The molecule has 1 saturated carbocycles. The van der Waals surface area contributed by atoms with E-state index in [1.54, 1.807) is 7.11 Å². The number of benzene rings is 2. The van der Waals surface area contributed by atoms with Crippen molar-refractivity contribution in [1.29, 1.82) is 0 Å². The largest absolute Gasteiger partial charge is 0.495 e. The van der Waals surface area contributed by atoms with Gasteiger partial charge in [-0.3, -0.25) is 9.59 Å². The summed E-state index contributed by atoms with van der Waals surface area (Å²) in [6.45, 7) is 4.85. The molecule has 1 aliphatic carbocycles. The maximum atomic E-state index is 13.6. The fraction of sp³-hybridized carbons (Fsp3) is 0.440. The summed E-state index contributed by atoms with van der Waals surface area (Å²) in [5.74, 6) is 1.10. The molecular weight excluding hydrogens is 390 g/mol. The first-order valence-electron chi connectivity index (χ1n) is 11.1. The van der Waals surface area contributed by atoms with Crippen molar-refractivity contribution in [3.05, 3.63) is 54.1 Å². The molecule has 6 heteroatoms. The van der Waals surface area contributed by atoms with Crippen molar-refractivity contribution in [2.45, 2.75) is 38.0 Å². The lowest BCUT2D eigenvalue weighted by Gasteiger charge is -2.46. The Labute approximate surface area is 184 Å². The number of para-hydroxylation sites is 2. The molecule has 0 spiro atoms. The fourth-order valence-electron chi connectivity index (χ4n) is 4.62. The first-order chi connectivity index (χ1) is 15.1. The number of hydrogen-bond donors (Lipinski definition) is 1. The van der Waals surface area contributed by atoms with Crippen molar-refractivity contribution in [3.63, 3.8) is 0 Å². The third kappa shape index (κ3) is 4.11. The number of hydrogen-bond acceptors (Lipinski definition) is 4. The lowest BCUT2D eigenvalue weighted by atomic mass is 9.63. The van der Waals surface area contributed by atoms with Gasteiger partial charge in [-0.25, -0.2) is 0 Å². The Bertz CT molecular complexity index is 929. The molecular formula is C25H31N3O3. The number of nitrogens with zero attached hydrogens (tertiary/aromatic N) is 2. The third-order valence-corrected chi connectivity index (χ3v) is 6.65. The Morgan fingerprint density at radius 3 is 2.26 bits per heavy atom.